The number of rotatable bonds is 8. The van der Waals surface area contributed by atoms with E-state index in [4.69, 9.17) is 4.74 Å². The van der Waals surface area contributed by atoms with E-state index < -0.39 is 0 Å². The highest BCUT2D eigenvalue weighted by molar-refractivity contribution is 8.02. The second-order valence-electron chi connectivity index (χ2n) is 6.08. The van der Waals surface area contributed by atoms with E-state index in [2.05, 4.69) is 20.8 Å². The third-order valence-electron chi connectivity index (χ3n) is 3.96. The van der Waals surface area contributed by atoms with Crippen molar-refractivity contribution in [3.8, 4) is 5.75 Å². The molecule has 3 aromatic rings. The first-order chi connectivity index (χ1) is 14.0. The molecule has 0 bridgehead atoms. The third kappa shape index (κ3) is 5.55. The van der Waals surface area contributed by atoms with Crippen LogP contribution in [0.2, 0.25) is 0 Å². The summed E-state index contributed by atoms with van der Waals surface area (Å²) in [6.07, 6.45) is 0. The molecule has 0 fully saturated rings. The molecule has 0 aliphatic rings. The van der Waals surface area contributed by atoms with Crippen LogP contribution in [0.5, 0.6) is 5.75 Å². The smallest absolute Gasteiger partial charge is 0.237 e. The van der Waals surface area contributed by atoms with E-state index in [1.165, 1.54) is 30.0 Å². The molecule has 0 spiro atoms. The second-order valence-corrected chi connectivity index (χ2v) is 8.65. The van der Waals surface area contributed by atoms with Gasteiger partial charge in [0.15, 0.2) is 10.1 Å². The van der Waals surface area contributed by atoms with Gasteiger partial charge in [0.25, 0.3) is 0 Å². The maximum absolute atomic E-state index is 12.4. The number of methoxy groups -OCH3 is 1. The fourth-order valence-electron chi connectivity index (χ4n) is 2.41. The third-order valence-corrected chi connectivity index (χ3v) is 5.98. The quantitative estimate of drug-likeness (QED) is 0.400. The Balaban J connectivity index is 1.58. The summed E-state index contributed by atoms with van der Waals surface area (Å²) >= 11 is 2.69. The highest BCUT2D eigenvalue weighted by Crippen LogP contribution is 2.33. The molecule has 2 aromatic carbocycles. The van der Waals surface area contributed by atoms with Crippen LogP contribution in [0.3, 0.4) is 0 Å². The topological polar surface area (TPSA) is 93.2 Å². The number of Topliss-reactive ketones (excluding diaryl/α,β-unsaturated/α-hetero) is 1. The normalized spacial score (nSPS) is 11.6. The van der Waals surface area contributed by atoms with E-state index in [1.54, 1.807) is 38.3 Å². The van der Waals surface area contributed by atoms with Crippen molar-refractivity contribution in [1.82, 2.24) is 10.2 Å². The fraction of sp³-hybridized carbons (Fsp3) is 0.200. The molecule has 29 heavy (non-hydrogen) atoms. The zero-order valence-electron chi connectivity index (χ0n) is 16.1. The second kappa shape index (κ2) is 9.53. The molecule has 0 saturated heterocycles. The molecule has 0 aliphatic carbocycles. The van der Waals surface area contributed by atoms with Gasteiger partial charge in [-0.05, 0) is 50.2 Å². The maximum Gasteiger partial charge on any atom is 0.237 e. The minimum absolute atomic E-state index is 0.0133. The first-order valence-corrected chi connectivity index (χ1v) is 10.5. The van der Waals surface area contributed by atoms with Crippen molar-refractivity contribution in [1.29, 1.82) is 0 Å². The zero-order chi connectivity index (χ0) is 20.8. The van der Waals surface area contributed by atoms with Crippen molar-refractivity contribution in [2.45, 2.75) is 23.4 Å². The summed E-state index contributed by atoms with van der Waals surface area (Å²) in [6.45, 7) is 3.31. The molecule has 1 atom stereocenters. The Kier molecular flexibility index (Phi) is 6.84. The number of hydrogen-bond donors (Lipinski definition) is 2. The standard InChI is InChI=1S/C20H20N4O3S2/c1-12(25)14-8-10-15(11-9-14)21-18(26)13(2)28-20-24-23-19(29-20)22-16-6-4-5-7-17(16)27-3/h4-11,13H,1-3H3,(H,21,26)(H,22,23)/t13-/m0/s1. The van der Waals surface area contributed by atoms with E-state index in [-0.39, 0.29) is 16.9 Å². The van der Waals surface area contributed by atoms with Gasteiger partial charge < -0.3 is 15.4 Å². The summed E-state index contributed by atoms with van der Waals surface area (Å²) in [5, 5.41) is 14.5. The number of nitrogens with zero attached hydrogens (tertiary/aromatic N) is 2. The highest BCUT2D eigenvalue weighted by atomic mass is 32.2. The van der Waals surface area contributed by atoms with Gasteiger partial charge in [0.2, 0.25) is 11.0 Å². The Bertz CT molecular complexity index is 1000. The summed E-state index contributed by atoms with van der Waals surface area (Å²) in [5.41, 5.74) is 2.04. The molecule has 1 aromatic heterocycles. The van der Waals surface area contributed by atoms with Crippen LogP contribution in [-0.2, 0) is 4.79 Å². The number of anilines is 3. The molecule has 0 unspecified atom stereocenters. The van der Waals surface area contributed by atoms with Crippen LogP contribution in [0, 0.1) is 0 Å². The predicted molar refractivity (Wildman–Crippen MR) is 117 cm³/mol. The molecule has 2 N–H and O–H groups in total. The zero-order valence-corrected chi connectivity index (χ0v) is 17.8. The number of ketones is 1. The van der Waals surface area contributed by atoms with Crippen molar-refractivity contribution in [2.24, 2.45) is 0 Å². The maximum atomic E-state index is 12.4. The van der Waals surface area contributed by atoms with Crippen molar-refractivity contribution in [2.75, 3.05) is 17.7 Å². The first-order valence-electron chi connectivity index (χ1n) is 8.78. The Labute approximate surface area is 176 Å². The number of ether oxygens (including phenoxy) is 1. The minimum Gasteiger partial charge on any atom is -0.495 e. The van der Waals surface area contributed by atoms with Crippen LogP contribution in [0.4, 0.5) is 16.5 Å². The lowest BCUT2D eigenvalue weighted by Crippen LogP contribution is -2.22. The van der Waals surface area contributed by atoms with Crippen molar-refractivity contribution in [3.05, 3.63) is 54.1 Å². The largest absolute Gasteiger partial charge is 0.495 e. The summed E-state index contributed by atoms with van der Waals surface area (Å²) in [4.78, 5) is 23.8. The number of amides is 1. The summed E-state index contributed by atoms with van der Waals surface area (Å²) < 4.78 is 5.99. The molecular weight excluding hydrogens is 408 g/mol. The molecule has 0 aliphatic heterocycles. The van der Waals surface area contributed by atoms with Crippen LogP contribution in [0.25, 0.3) is 0 Å². The number of nitrogens with one attached hydrogen (secondary N) is 2. The van der Waals surface area contributed by atoms with Crippen LogP contribution >= 0.6 is 23.1 Å². The van der Waals surface area contributed by atoms with E-state index >= 15 is 0 Å². The van der Waals surface area contributed by atoms with Gasteiger partial charge in [0, 0.05) is 11.3 Å². The number of carbonyl (C=O) groups excluding carboxylic acids is 2. The van der Waals surface area contributed by atoms with E-state index in [1.807, 2.05) is 24.3 Å². The summed E-state index contributed by atoms with van der Waals surface area (Å²) in [5.74, 6) is 0.543. The Morgan fingerprint density at radius 3 is 2.52 bits per heavy atom. The van der Waals surface area contributed by atoms with Crippen LogP contribution in [0.15, 0.2) is 52.9 Å². The summed E-state index contributed by atoms with van der Waals surface area (Å²) in [7, 11) is 1.61. The Hall–Kier alpha value is -2.91. The lowest BCUT2D eigenvalue weighted by Gasteiger charge is -2.10. The molecular formula is C20H20N4O3S2. The van der Waals surface area contributed by atoms with Gasteiger partial charge in [-0.1, -0.05) is 35.2 Å². The van der Waals surface area contributed by atoms with E-state index in [9.17, 15) is 9.59 Å². The van der Waals surface area contributed by atoms with Crippen LogP contribution < -0.4 is 15.4 Å². The van der Waals surface area contributed by atoms with Gasteiger partial charge in [-0.15, -0.1) is 10.2 Å². The average molecular weight is 429 g/mol. The van der Waals surface area contributed by atoms with Crippen molar-refractivity contribution in [3.63, 3.8) is 0 Å². The highest BCUT2D eigenvalue weighted by Gasteiger charge is 2.18. The number of hydrogen-bond acceptors (Lipinski definition) is 8. The molecule has 7 nitrogen and oxygen atoms in total. The Morgan fingerprint density at radius 2 is 1.83 bits per heavy atom. The van der Waals surface area contributed by atoms with Crippen LogP contribution in [0.1, 0.15) is 24.2 Å². The van der Waals surface area contributed by atoms with Gasteiger partial charge in [-0.25, -0.2) is 0 Å². The number of para-hydroxylation sites is 2. The van der Waals surface area contributed by atoms with Crippen molar-refractivity contribution < 1.29 is 14.3 Å². The number of carbonyl (C=O) groups is 2. The van der Waals surface area contributed by atoms with Crippen molar-refractivity contribution >= 4 is 51.3 Å². The number of aromatic nitrogens is 2. The predicted octanol–water partition coefficient (Wildman–Crippen LogP) is 4.61. The SMILES string of the molecule is COc1ccccc1Nc1nnc(S[C@@H](C)C(=O)Nc2ccc(C(C)=O)cc2)s1. The average Bonchev–Trinajstić information content (AvgIpc) is 3.15. The molecule has 1 heterocycles. The summed E-state index contributed by atoms with van der Waals surface area (Å²) in [6, 6.07) is 14.3. The molecule has 0 radical (unpaired) electrons. The number of benzene rings is 2. The monoisotopic (exact) mass is 428 g/mol. The minimum atomic E-state index is -0.366. The van der Waals surface area contributed by atoms with Gasteiger partial charge in [0.05, 0.1) is 18.0 Å². The lowest BCUT2D eigenvalue weighted by atomic mass is 10.1. The fourth-order valence-corrected chi connectivity index (χ4v) is 4.32. The molecule has 150 valence electrons. The Morgan fingerprint density at radius 1 is 1.10 bits per heavy atom. The van der Waals surface area contributed by atoms with Gasteiger partial charge in [-0.3, -0.25) is 9.59 Å². The first kappa shape index (κ1) is 20.8. The van der Waals surface area contributed by atoms with Gasteiger partial charge in [-0.2, -0.15) is 0 Å². The molecule has 9 heteroatoms. The van der Waals surface area contributed by atoms with Gasteiger partial charge >= 0.3 is 0 Å². The van der Waals surface area contributed by atoms with Crippen LogP contribution in [-0.4, -0.2) is 34.2 Å². The molecule has 1 amide bonds. The molecule has 3 rings (SSSR count). The lowest BCUT2D eigenvalue weighted by molar-refractivity contribution is -0.115. The molecule has 0 saturated carbocycles. The van der Waals surface area contributed by atoms with Gasteiger partial charge in [0.1, 0.15) is 5.75 Å². The van der Waals surface area contributed by atoms with E-state index in [0.29, 0.717) is 26.5 Å². The number of thioether (sulfide) groups is 1. The van der Waals surface area contributed by atoms with E-state index in [0.717, 1.165) is 5.69 Å².